The number of carbonyl (C=O) groups is 2. The highest BCUT2D eigenvalue weighted by Crippen LogP contribution is 2.73. The number of rotatable bonds is 4. The van der Waals surface area contributed by atoms with Gasteiger partial charge >= 0.3 is 5.97 Å². The zero-order valence-electron chi connectivity index (χ0n) is 13.0. The van der Waals surface area contributed by atoms with Crippen LogP contribution in [0.3, 0.4) is 0 Å². The number of benzene rings is 1. The monoisotopic (exact) mass is 317 g/mol. The number of hydrogen-bond donors (Lipinski definition) is 1. The summed E-state index contributed by atoms with van der Waals surface area (Å²) in [6, 6.07) is 5.68. The van der Waals surface area contributed by atoms with Gasteiger partial charge in [0.2, 0.25) is 5.91 Å². The maximum Gasteiger partial charge on any atom is 0.311 e. The first-order valence-electron chi connectivity index (χ1n) is 7.82. The second-order valence-corrected chi connectivity index (χ2v) is 6.74. The van der Waals surface area contributed by atoms with E-state index < -0.39 is 0 Å². The van der Waals surface area contributed by atoms with Gasteiger partial charge < -0.3 is 19.5 Å². The smallest absolute Gasteiger partial charge is 0.311 e. The van der Waals surface area contributed by atoms with Gasteiger partial charge in [0.1, 0.15) is 13.2 Å². The minimum absolute atomic E-state index is 0.0261. The number of ether oxygens (including phenoxy) is 3. The highest BCUT2D eigenvalue weighted by atomic mass is 16.6. The molecule has 3 aliphatic carbocycles. The number of carbonyl (C=O) groups excluding carboxylic acids is 2. The van der Waals surface area contributed by atoms with Crippen LogP contribution in [0, 0.1) is 10.8 Å². The third-order valence-corrected chi connectivity index (χ3v) is 5.19. The fourth-order valence-corrected chi connectivity index (χ4v) is 4.03. The number of esters is 1. The fraction of sp³-hybridized carbons (Fsp3) is 0.529. The van der Waals surface area contributed by atoms with Crippen LogP contribution >= 0.6 is 0 Å². The Morgan fingerprint density at radius 1 is 1.13 bits per heavy atom. The molecule has 3 saturated carbocycles. The molecule has 2 bridgehead atoms. The van der Waals surface area contributed by atoms with E-state index in [1.165, 1.54) is 7.11 Å². The number of hydrogen-bond acceptors (Lipinski definition) is 5. The first-order valence-corrected chi connectivity index (χ1v) is 7.82. The summed E-state index contributed by atoms with van der Waals surface area (Å²) in [7, 11) is 1.40. The van der Waals surface area contributed by atoms with Gasteiger partial charge in [-0.3, -0.25) is 9.59 Å². The third-order valence-electron chi connectivity index (χ3n) is 5.19. The van der Waals surface area contributed by atoms with Gasteiger partial charge in [0, 0.05) is 6.54 Å². The Labute approximate surface area is 134 Å². The Balaban J connectivity index is 1.34. The first-order chi connectivity index (χ1) is 11.1. The van der Waals surface area contributed by atoms with Crippen LogP contribution in [0.1, 0.15) is 24.8 Å². The van der Waals surface area contributed by atoms with Crippen molar-refractivity contribution in [2.45, 2.75) is 25.8 Å². The average molecular weight is 317 g/mol. The summed E-state index contributed by atoms with van der Waals surface area (Å²) in [5.41, 5.74) is 0.224. The van der Waals surface area contributed by atoms with Crippen molar-refractivity contribution < 1.29 is 23.8 Å². The van der Waals surface area contributed by atoms with Crippen LogP contribution in [0.2, 0.25) is 0 Å². The second-order valence-electron chi connectivity index (χ2n) is 6.74. The van der Waals surface area contributed by atoms with Crippen LogP contribution in [0.5, 0.6) is 11.5 Å². The molecule has 1 aromatic rings. The molecule has 0 radical (unpaired) electrons. The van der Waals surface area contributed by atoms with Crippen molar-refractivity contribution in [3.05, 3.63) is 23.8 Å². The van der Waals surface area contributed by atoms with E-state index in [-0.39, 0.29) is 22.7 Å². The van der Waals surface area contributed by atoms with Gasteiger partial charge in [-0.15, -0.1) is 0 Å². The van der Waals surface area contributed by atoms with Crippen LogP contribution in [-0.2, 0) is 20.9 Å². The minimum atomic E-state index is -0.386. The summed E-state index contributed by atoms with van der Waals surface area (Å²) in [4.78, 5) is 24.0. The zero-order chi connectivity index (χ0) is 16.1. The minimum Gasteiger partial charge on any atom is -0.486 e. The van der Waals surface area contributed by atoms with Crippen LogP contribution in [-0.4, -0.2) is 32.2 Å². The predicted molar refractivity (Wildman–Crippen MR) is 80.0 cm³/mol. The number of methoxy groups -OCH3 is 1. The highest BCUT2D eigenvalue weighted by Gasteiger charge is 2.75. The van der Waals surface area contributed by atoms with Crippen LogP contribution in [0.25, 0.3) is 0 Å². The van der Waals surface area contributed by atoms with E-state index in [9.17, 15) is 9.59 Å². The Morgan fingerprint density at radius 2 is 1.83 bits per heavy atom. The molecule has 0 unspecified atom stereocenters. The van der Waals surface area contributed by atoms with Gasteiger partial charge in [-0.1, -0.05) is 6.07 Å². The van der Waals surface area contributed by atoms with Crippen molar-refractivity contribution in [1.29, 1.82) is 0 Å². The average Bonchev–Trinajstić information content (AvgIpc) is 2.50. The number of nitrogens with one attached hydrogen (secondary N) is 1. The number of amides is 1. The molecular formula is C17H19NO5. The second kappa shape index (κ2) is 4.88. The fourth-order valence-electron chi connectivity index (χ4n) is 4.03. The molecular weight excluding hydrogens is 298 g/mol. The normalized spacial score (nSPS) is 29.8. The van der Waals surface area contributed by atoms with E-state index >= 15 is 0 Å². The number of fused-ring (bicyclic) bond motifs is 1. The molecule has 0 aromatic heterocycles. The molecule has 5 rings (SSSR count). The van der Waals surface area contributed by atoms with Crippen molar-refractivity contribution >= 4 is 11.9 Å². The van der Waals surface area contributed by atoms with E-state index in [2.05, 4.69) is 5.32 Å². The van der Waals surface area contributed by atoms with E-state index in [0.29, 0.717) is 39.0 Å². The van der Waals surface area contributed by atoms with E-state index in [0.717, 1.165) is 17.1 Å². The van der Waals surface area contributed by atoms with Crippen LogP contribution < -0.4 is 14.8 Å². The molecule has 0 atom stereocenters. The lowest BCUT2D eigenvalue weighted by molar-refractivity contribution is -0.222. The lowest BCUT2D eigenvalue weighted by Crippen LogP contribution is -2.70. The lowest BCUT2D eigenvalue weighted by Gasteiger charge is -2.66. The maximum absolute atomic E-state index is 12.4. The summed E-state index contributed by atoms with van der Waals surface area (Å²) < 4.78 is 15.8. The molecule has 4 aliphatic rings. The van der Waals surface area contributed by atoms with Gasteiger partial charge in [-0.2, -0.15) is 0 Å². The highest BCUT2D eigenvalue weighted by molar-refractivity contribution is 5.93. The topological polar surface area (TPSA) is 73.9 Å². The van der Waals surface area contributed by atoms with Gasteiger partial charge in [-0.05, 0) is 37.0 Å². The first kappa shape index (κ1) is 14.4. The molecule has 23 heavy (non-hydrogen) atoms. The molecule has 1 N–H and O–H groups in total. The van der Waals surface area contributed by atoms with Crippen LogP contribution in [0.4, 0.5) is 0 Å². The Morgan fingerprint density at radius 3 is 2.52 bits per heavy atom. The molecule has 0 spiro atoms. The Hall–Kier alpha value is -2.24. The molecule has 6 heteroatoms. The van der Waals surface area contributed by atoms with Crippen molar-refractivity contribution in [1.82, 2.24) is 5.32 Å². The zero-order valence-corrected chi connectivity index (χ0v) is 13.0. The summed E-state index contributed by atoms with van der Waals surface area (Å²) in [6.07, 6.45) is 1.83. The molecule has 0 saturated heterocycles. The standard InChI is InChI=1S/C17H19NO5/c1-21-15(20)17-8-16(9-17,10-17)14(19)18-7-11-2-3-12-13(6-11)23-5-4-22-12/h2-3,6H,4-5,7-10H2,1H3,(H,18,19). The quantitative estimate of drug-likeness (QED) is 0.850. The van der Waals surface area contributed by atoms with Crippen LogP contribution in [0.15, 0.2) is 18.2 Å². The summed E-state index contributed by atoms with van der Waals surface area (Å²) in [6.45, 7) is 1.55. The largest absolute Gasteiger partial charge is 0.486 e. The summed E-state index contributed by atoms with van der Waals surface area (Å²) in [5.74, 6) is 1.31. The molecule has 1 aliphatic heterocycles. The van der Waals surface area contributed by atoms with Crippen molar-refractivity contribution in [2.75, 3.05) is 20.3 Å². The van der Waals surface area contributed by atoms with E-state index in [1.807, 2.05) is 18.2 Å². The van der Waals surface area contributed by atoms with Gasteiger partial charge in [0.15, 0.2) is 11.5 Å². The third kappa shape index (κ3) is 2.08. The van der Waals surface area contributed by atoms with Crippen molar-refractivity contribution in [2.24, 2.45) is 10.8 Å². The van der Waals surface area contributed by atoms with Crippen molar-refractivity contribution in [3.63, 3.8) is 0 Å². The molecule has 1 heterocycles. The summed E-state index contributed by atoms with van der Waals surface area (Å²) >= 11 is 0. The molecule has 1 amide bonds. The molecule has 1 aromatic carbocycles. The molecule has 122 valence electrons. The van der Waals surface area contributed by atoms with Gasteiger partial charge in [0.25, 0.3) is 0 Å². The van der Waals surface area contributed by atoms with Gasteiger partial charge in [0.05, 0.1) is 17.9 Å². The molecule has 6 nitrogen and oxygen atoms in total. The summed E-state index contributed by atoms with van der Waals surface area (Å²) in [5, 5.41) is 2.97. The van der Waals surface area contributed by atoms with E-state index in [4.69, 9.17) is 14.2 Å². The van der Waals surface area contributed by atoms with E-state index in [1.54, 1.807) is 0 Å². The maximum atomic E-state index is 12.4. The SMILES string of the molecule is COC(=O)C12CC(C(=O)NCc3ccc4c(c3)OCCO4)(C1)C2. The Kier molecular flexibility index (Phi) is 3.04. The molecule has 3 fully saturated rings. The Bertz CT molecular complexity index is 664. The van der Waals surface area contributed by atoms with Crippen molar-refractivity contribution in [3.8, 4) is 11.5 Å². The predicted octanol–water partition coefficient (Wildman–Crippen LogP) is 1.42. The lowest BCUT2D eigenvalue weighted by atomic mass is 9.35. The van der Waals surface area contributed by atoms with Gasteiger partial charge in [-0.25, -0.2) is 0 Å².